The highest BCUT2D eigenvalue weighted by molar-refractivity contribution is 5.66. The van der Waals surface area contributed by atoms with Crippen LogP contribution in [0.5, 0.6) is 0 Å². The van der Waals surface area contributed by atoms with Gasteiger partial charge in [-0.3, -0.25) is 0 Å². The maximum absolute atomic E-state index is 10.9. The molecule has 1 heterocycles. The van der Waals surface area contributed by atoms with E-state index >= 15 is 0 Å². The van der Waals surface area contributed by atoms with E-state index in [2.05, 4.69) is 24.5 Å². The molecule has 0 aromatic carbocycles. The van der Waals surface area contributed by atoms with Gasteiger partial charge in [-0.05, 0) is 26.7 Å². The Kier molecular flexibility index (Phi) is 3.54. The lowest BCUT2D eigenvalue weighted by Gasteiger charge is -2.32. The lowest BCUT2D eigenvalue weighted by Crippen LogP contribution is -2.46. The van der Waals surface area contributed by atoms with Gasteiger partial charge < -0.3 is 15.4 Å². The van der Waals surface area contributed by atoms with Crippen LogP contribution >= 0.6 is 0 Å². The number of alkyl carbamates (subject to hydrolysis) is 1. The van der Waals surface area contributed by atoms with Crippen molar-refractivity contribution in [3.63, 3.8) is 0 Å². The fourth-order valence-electron chi connectivity index (χ4n) is 1.81. The number of carbonyl (C=O) groups is 1. The van der Waals surface area contributed by atoms with Crippen molar-refractivity contribution in [1.29, 1.82) is 0 Å². The van der Waals surface area contributed by atoms with Gasteiger partial charge in [0.1, 0.15) is 6.10 Å². The zero-order valence-electron chi connectivity index (χ0n) is 8.46. The average molecular weight is 186 g/mol. The number of hydrogen-bond acceptors (Lipinski definition) is 3. The first-order valence-electron chi connectivity index (χ1n) is 4.76. The summed E-state index contributed by atoms with van der Waals surface area (Å²) in [5, 5.41) is 5.85. The van der Waals surface area contributed by atoms with E-state index in [9.17, 15) is 4.79 Å². The van der Waals surface area contributed by atoms with Gasteiger partial charge in [-0.15, -0.1) is 0 Å². The van der Waals surface area contributed by atoms with Gasteiger partial charge in [-0.1, -0.05) is 0 Å². The molecule has 1 fully saturated rings. The summed E-state index contributed by atoms with van der Waals surface area (Å²) < 4.78 is 5.19. The first-order chi connectivity index (χ1) is 6.11. The Morgan fingerprint density at radius 3 is 2.38 bits per heavy atom. The molecule has 1 amide bonds. The number of hydrogen-bond donors (Lipinski definition) is 2. The van der Waals surface area contributed by atoms with Crippen molar-refractivity contribution in [3.8, 4) is 0 Å². The molecule has 0 saturated carbocycles. The molecule has 0 radical (unpaired) electrons. The molecule has 1 saturated heterocycles. The molecule has 13 heavy (non-hydrogen) atoms. The Bertz CT molecular complexity index is 174. The van der Waals surface area contributed by atoms with Gasteiger partial charge in [0.15, 0.2) is 0 Å². The van der Waals surface area contributed by atoms with Gasteiger partial charge in [0.05, 0.1) is 0 Å². The second-order valence-corrected chi connectivity index (χ2v) is 3.72. The lowest BCUT2D eigenvalue weighted by atomic mass is 9.98. The number of piperidine rings is 1. The van der Waals surface area contributed by atoms with E-state index in [0.29, 0.717) is 12.1 Å². The van der Waals surface area contributed by atoms with Gasteiger partial charge in [0.25, 0.3) is 0 Å². The molecule has 0 aromatic rings. The van der Waals surface area contributed by atoms with E-state index in [0.717, 1.165) is 12.8 Å². The Labute approximate surface area is 79.0 Å². The number of ether oxygens (including phenoxy) is 1. The zero-order chi connectivity index (χ0) is 9.84. The molecule has 0 aromatic heterocycles. The number of carbonyl (C=O) groups excluding carboxylic acids is 1. The molecule has 0 bridgehead atoms. The number of amides is 1. The molecular formula is C9H18N2O2. The molecule has 1 aliphatic rings. The highest BCUT2D eigenvalue weighted by Gasteiger charge is 2.25. The first-order valence-corrected chi connectivity index (χ1v) is 4.76. The van der Waals surface area contributed by atoms with Gasteiger partial charge in [0.2, 0.25) is 0 Å². The van der Waals surface area contributed by atoms with Crippen LogP contribution in [0.25, 0.3) is 0 Å². The summed E-state index contributed by atoms with van der Waals surface area (Å²) >= 11 is 0. The molecule has 2 N–H and O–H groups in total. The maximum atomic E-state index is 10.9. The van der Waals surface area contributed by atoms with E-state index < -0.39 is 0 Å². The molecule has 76 valence electrons. The van der Waals surface area contributed by atoms with Crippen LogP contribution in [0.3, 0.4) is 0 Å². The van der Waals surface area contributed by atoms with Crippen LogP contribution in [0.1, 0.15) is 26.7 Å². The van der Waals surface area contributed by atoms with Crippen molar-refractivity contribution in [2.24, 2.45) is 0 Å². The summed E-state index contributed by atoms with van der Waals surface area (Å²) in [6.07, 6.45) is 1.53. The molecule has 1 aliphatic heterocycles. The maximum Gasteiger partial charge on any atom is 0.407 e. The average Bonchev–Trinajstić information content (AvgIpc) is 2.02. The Morgan fingerprint density at radius 1 is 1.38 bits per heavy atom. The highest BCUT2D eigenvalue weighted by Crippen LogP contribution is 2.16. The molecule has 2 unspecified atom stereocenters. The third-order valence-corrected chi connectivity index (χ3v) is 2.28. The molecule has 1 rings (SSSR count). The number of rotatable bonds is 1. The fourth-order valence-corrected chi connectivity index (χ4v) is 1.81. The Balaban J connectivity index is 2.37. The van der Waals surface area contributed by atoms with E-state index in [4.69, 9.17) is 4.74 Å². The largest absolute Gasteiger partial charge is 0.446 e. The summed E-state index contributed by atoms with van der Waals surface area (Å²) in [4.78, 5) is 10.9. The molecule has 4 nitrogen and oxygen atoms in total. The van der Waals surface area contributed by atoms with E-state index in [1.807, 2.05) is 0 Å². The second-order valence-electron chi connectivity index (χ2n) is 3.72. The molecule has 4 heteroatoms. The van der Waals surface area contributed by atoms with Gasteiger partial charge >= 0.3 is 6.09 Å². The van der Waals surface area contributed by atoms with Crippen LogP contribution in [0.2, 0.25) is 0 Å². The molecule has 2 atom stereocenters. The normalized spacial score (nSPS) is 33.9. The molecule has 0 spiro atoms. The summed E-state index contributed by atoms with van der Waals surface area (Å²) in [7, 11) is 1.58. The summed E-state index contributed by atoms with van der Waals surface area (Å²) in [5.41, 5.74) is 0. The zero-order valence-corrected chi connectivity index (χ0v) is 8.46. The standard InChI is InChI=1S/C9H18N2O2/c1-6-4-8(5-7(2)11-6)13-9(12)10-3/h6-8,11H,4-5H2,1-3H3,(H,10,12). The third-order valence-electron chi connectivity index (χ3n) is 2.28. The van der Waals surface area contributed by atoms with Crippen molar-refractivity contribution >= 4 is 6.09 Å². The SMILES string of the molecule is CNC(=O)OC1CC(C)NC(C)C1. The predicted molar refractivity (Wildman–Crippen MR) is 50.6 cm³/mol. The number of nitrogens with one attached hydrogen (secondary N) is 2. The van der Waals surface area contributed by atoms with Crippen LogP contribution in [0, 0.1) is 0 Å². The smallest absolute Gasteiger partial charge is 0.407 e. The summed E-state index contributed by atoms with van der Waals surface area (Å²) in [6.45, 7) is 4.21. The van der Waals surface area contributed by atoms with Crippen LogP contribution in [-0.4, -0.2) is 31.3 Å². The highest BCUT2D eigenvalue weighted by atomic mass is 16.6. The van der Waals surface area contributed by atoms with Crippen LogP contribution < -0.4 is 10.6 Å². The Morgan fingerprint density at radius 2 is 1.92 bits per heavy atom. The van der Waals surface area contributed by atoms with E-state index in [1.54, 1.807) is 7.05 Å². The minimum atomic E-state index is -0.327. The quantitative estimate of drug-likeness (QED) is 0.639. The van der Waals surface area contributed by atoms with Crippen LogP contribution in [-0.2, 0) is 4.74 Å². The second kappa shape index (κ2) is 4.46. The van der Waals surface area contributed by atoms with Gasteiger partial charge in [0, 0.05) is 19.1 Å². The van der Waals surface area contributed by atoms with E-state index in [-0.39, 0.29) is 12.2 Å². The Hall–Kier alpha value is -0.770. The van der Waals surface area contributed by atoms with Crippen molar-refractivity contribution in [3.05, 3.63) is 0 Å². The topological polar surface area (TPSA) is 50.4 Å². The molecular weight excluding hydrogens is 168 g/mol. The minimum Gasteiger partial charge on any atom is -0.446 e. The van der Waals surface area contributed by atoms with Crippen molar-refractivity contribution in [2.75, 3.05) is 7.05 Å². The summed E-state index contributed by atoms with van der Waals surface area (Å²) in [6, 6.07) is 0.858. The first kappa shape index (κ1) is 10.3. The van der Waals surface area contributed by atoms with Crippen LogP contribution in [0.4, 0.5) is 4.79 Å². The third kappa shape index (κ3) is 3.22. The summed E-state index contributed by atoms with van der Waals surface area (Å²) in [5.74, 6) is 0. The monoisotopic (exact) mass is 186 g/mol. The molecule has 0 aliphatic carbocycles. The van der Waals surface area contributed by atoms with E-state index in [1.165, 1.54) is 0 Å². The lowest BCUT2D eigenvalue weighted by molar-refractivity contribution is 0.0616. The fraction of sp³-hybridized carbons (Fsp3) is 0.889. The van der Waals surface area contributed by atoms with Crippen LogP contribution in [0.15, 0.2) is 0 Å². The van der Waals surface area contributed by atoms with Crippen molar-refractivity contribution < 1.29 is 9.53 Å². The van der Waals surface area contributed by atoms with Gasteiger partial charge in [-0.25, -0.2) is 4.79 Å². The van der Waals surface area contributed by atoms with Crippen molar-refractivity contribution in [2.45, 2.75) is 44.9 Å². The van der Waals surface area contributed by atoms with Gasteiger partial charge in [-0.2, -0.15) is 0 Å². The predicted octanol–water partition coefficient (Wildman–Crippen LogP) is 0.871. The van der Waals surface area contributed by atoms with Crippen molar-refractivity contribution in [1.82, 2.24) is 10.6 Å². The minimum absolute atomic E-state index is 0.0613.